The Kier molecular flexibility index (Phi) is 5.61. The van der Waals surface area contributed by atoms with Crippen LogP contribution in [0.3, 0.4) is 0 Å². The van der Waals surface area contributed by atoms with Gasteiger partial charge in [-0.2, -0.15) is 0 Å². The molecule has 6 heteroatoms. The number of amides is 2. The molecule has 3 aromatic rings. The fourth-order valence-corrected chi connectivity index (χ4v) is 4.97. The van der Waals surface area contributed by atoms with Gasteiger partial charge in [-0.1, -0.05) is 42.5 Å². The second-order valence-corrected chi connectivity index (χ2v) is 8.52. The van der Waals surface area contributed by atoms with E-state index in [0.29, 0.717) is 33.2 Å². The maximum absolute atomic E-state index is 13.2. The lowest BCUT2D eigenvalue weighted by Gasteiger charge is -2.21. The normalized spacial score (nSPS) is 16.3. The van der Waals surface area contributed by atoms with E-state index in [2.05, 4.69) is 5.32 Å². The third kappa shape index (κ3) is 3.60. The Labute approximate surface area is 178 Å². The fourth-order valence-electron chi connectivity index (χ4n) is 3.62. The highest BCUT2D eigenvalue weighted by molar-refractivity contribution is 7.91. The number of nitrogens with zero attached hydrogens (tertiary/aromatic N) is 1. The summed E-state index contributed by atoms with van der Waals surface area (Å²) in [6.07, 6.45) is 0. The van der Waals surface area contributed by atoms with Crippen molar-refractivity contribution in [3.8, 4) is 0 Å². The molecule has 0 saturated heterocycles. The molecule has 1 aliphatic heterocycles. The maximum Gasteiger partial charge on any atom is 0.263 e. The lowest BCUT2D eigenvalue weighted by Crippen LogP contribution is -2.31. The Morgan fingerprint density at radius 1 is 1.03 bits per heavy atom. The van der Waals surface area contributed by atoms with Crippen LogP contribution >= 0.6 is 0 Å². The molecule has 0 spiro atoms. The van der Waals surface area contributed by atoms with Crippen molar-refractivity contribution >= 4 is 28.7 Å². The summed E-state index contributed by atoms with van der Waals surface area (Å²) in [4.78, 5) is 28.6. The molecule has 0 aromatic heterocycles. The highest BCUT2D eigenvalue weighted by atomic mass is 32.2. The summed E-state index contributed by atoms with van der Waals surface area (Å²) in [5, 5.41) is 2.99. The molecule has 152 valence electrons. The van der Waals surface area contributed by atoms with Crippen molar-refractivity contribution in [3.05, 3.63) is 89.5 Å². The van der Waals surface area contributed by atoms with Gasteiger partial charge >= 0.3 is 0 Å². The van der Waals surface area contributed by atoms with Crippen LogP contribution in [0.2, 0.25) is 0 Å². The quantitative estimate of drug-likeness (QED) is 0.641. The molecule has 1 N–H and O–H groups in total. The monoisotopic (exact) mass is 418 g/mol. The van der Waals surface area contributed by atoms with Crippen molar-refractivity contribution in [1.29, 1.82) is 0 Å². The summed E-state index contributed by atoms with van der Waals surface area (Å²) in [5.41, 5.74) is 2.36. The van der Waals surface area contributed by atoms with E-state index in [1.807, 2.05) is 44.2 Å². The minimum atomic E-state index is -1.51. The molecule has 0 bridgehead atoms. The minimum absolute atomic E-state index is 0.167. The summed E-state index contributed by atoms with van der Waals surface area (Å²) in [6, 6.07) is 21.5. The molecule has 5 nitrogen and oxygen atoms in total. The number of hydrogen-bond acceptors (Lipinski definition) is 3. The van der Waals surface area contributed by atoms with Gasteiger partial charge in [-0.3, -0.25) is 9.59 Å². The number of fused-ring (bicyclic) bond motifs is 2. The van der Waals surface area contributed by atoms with Crippen LogP contribution in [-0.2, 0) is 11.2 Å². The van der Waals surface area contributed by atoms with Crippen LogP contribution in [0.4, 0.5) is 5.69 Å². The van der Waals surface area contributed by atoms with Crippen LogP contribution in [0, 0.1) is 0 Å². The number of nitrogens with one attached hydrogen (secondary N) is 1. The second-order valence-electron chi connectivity index (χ2n) is 7.10. The van der Waals surface area contributed by atoms with Crippen LogP contribution in [0.1, 0.15) is 46.2 Å². The molecule has 2 amide bonds. The summed E-state index contributed by atoms with van der Waals surface area (Å²) >= 11 is -1.51. The van der Waals surface area contributed by atoms with E-state index in [-0.39, 0.29) is 17.9 Å². The molecule has 3 aromatic carbocycles. The van der Waals surface area contributed by atoms with E-state index >= 15 is 0 Å². The summed E-state index contributed by atoms with van der Waals surface area (Å²) < 4.78 is 13.2. The molecule has 1 heterocycles. The average Bonchev–Trinajstić information content (AvgIpc) is 2.87. The molecular weight excluding hydrogens is 396 g/mol. The van der Waals surface area contributed by atoms with E-state index in [1.54, 1.807) is 47.4 Å². The third-order valence-corrected chi connectivity index (χ3v) is 6.74. The van der Waals surface area contributed by atoms with Gasteiger partial charge in [0.15, 0.2) is 9.79 Å². The van der Waals surface area contributed by atoms with Gasteiger partial charge in [-0.15, -0.1) is 0 Å². The van der Waals surface area contributed by atoms with Gasteiger partial charge in [0, 0.05) is 23.3 Å². The smallest absolute Gasteiger partial charge is 0.263 e. The first kappa shape index (κ1) is 20.2. The van der Waals surface area contributed by atoms with E-state index in [4.69, 9.17) is 0 Å². The molecule has 1 aliphatic rings. The first-order valence-corrected chi connectivity index (χ1v) is 11.0. The first-order chi connectivity index (χ1) is 14.5. The van der Waals surface area contributed by atoms with Gasteiger partial charge in [0.1, 0.15) is 5.69 Å². The van der Waals surface area contributed by atoms with Crippen LogP contribution in [0.15, 0.2) is 82.6 Å². The molecule has 4 rings (SSSR count). The van der Waals surface area contributed by atoms with Crippen LogP contribution in [-0.4, -0.2) is 22.9 Å². The fraction of sp³-hybridized carbons (Fsp3) is 0.167. The number of anilines is 1. The van der Waals surface area contributed by atoms with Crippen LogP contribution in [0.5, 0.6) is 0 Å². The zero-order valence-corrected chi connectivity index (χ0v) is 17.6. The van der Waals surface area contributed by atoms with Gasteiger partial charge in [-0.05, 0) is 49.7 Å². The Bertz CT molecular complexity index is 1100. The highest BCUT2D eigenvalue weighted by Crippen LogP contribution is 2.37. The van der Waals surface area contributed by atoms with Gasteiger partial charge in [0.2, 0.25) is 0 Å². The maximum atomic E-state index is 13.2. The Morgan fingerprint density at radius 2 is 1.73 bits per heavy atom. The molecule has 30 heavy (non-hydrogen) atoms. The van der Waals surface area contributed by atoms with Crippen LogP contribution < -0.4 is 10.2 Å². The summed E-state index contributed by atoms with van der Waals surface area (Å²) in [5.74, 6) is -0.458. The second kappa shape index (κ2) is 8.34. The number of carbonyl (C=O) groups excluding carboxylic acids is 2. The van der Waals surface area contributed by atoms with Crippen molar-refractivity contribution in [2.75, 3.05) is 11.4 Å². The SMILES string of the molecule is CCN1C(=O)c2ccccc2[S+]([O-])c2ccc(C(=O)NC(C)c3ccccc3)cc21. The standard InChI is InChI=1S/C24H22N2O3S/c1-3-26-20-15-18(23(27)25-16(2)17-9-5-4-6-10-17)13-14-22(20)30(29)21-12-8-7-11-19(21)24(26)28/h4-16H,3H2,1-2H3,(H,25,27). The van der Waals surface area contributed by atoms with Crippen molar-refractivity contribution in [2.45, 2.75) is 29.7 Å². The predicted molar refractivity (Wildman–Crippen MR) is 117 cm³/mol. The average molecular weight is 419 g/mol. The van der Waals surface area contributed by atoms with E-state index in [1.165, 1.54) is 0 Å². The minimum Gasteiger partial charge on any atom is -0.606 e. The molecule has 0 saturated carbocycles. The van der Waals surface area contributed by atoms with Gasteiger partial charge < -0.3 is 14.8 Å². The van der Waals surface area contributed by atoms with E-state index < -0.39 is 11.2 Å². The molecular formula is C24H22N2O3S. The summed E-state index contributed by atoms with van der Waals surface area (Å²) in [7, 11) is 0. The molecule has 0 radical (unpaired) electrons. The van der Waals surface area contributed by atoms with Crippen molar-refractivity contribution in [2.24, 2.45) is 0 Å². The summed E-state index contributed by atoms with van der Waals surface area (Å²) in [6.45, 7) is 4.19. The van der Waals surface area contributed by atoms with E-state index in [0.717, 1.165) is 5.56 Å². The number of benzene rings is 3. The van der Waals surface area contributed by atoms with Crippen molar-refractivity contribution < 1.29 is 14.1 Å². The largest absolute Gasteiger partial charge is 0.606 e. The molecule has 0 fully saturated rings. The van der Waals surface area contributed by atoms with E-state index in [9.17, 15) is 14.1 Å². The van der Waals surface area contributed by atoms with Crippen molar-refractivity contribution in [3.63, 3.8) is 0 Å². The topological polar surface area (TPSA) is 72.5 Å². The number of hydrogen-bond donors (Lipinski definition) is 1. The Morgan fingerprint density at radius 3 is 2.47 bits per heavy atom. The number of carbonyl (C=O) groups is 2. The van der Waals surface area contributed by atoms with Crippen molar-refractivity contribution in [1.82, 2.24) is 5.32 Å². The molecule has 2 atom stereocenters. The zero-order chi connectivity index (χ0) is 21.3. The van der Waals surface area contributed by atoms with Gasteiger partial charge in [-0.25, -0.2) is 0 Å². The molecule has 2 unspecified atom stereocenters. The molecule has 0 aliphatic carbocycles. The van der Waals surface area contributed by atoms with Gasteiger partial charge in [0.05, 0.1) is 11.6 Å². The first-order valence-electron chi connectivity index (χ1n) is 9.83. The lowest BCUT2D eigenvalue weighted by atomic mass is 10.1. The Hall–Kier alpha value is -3.09. The Balaban J connectivity index is 1.70. The zero-order valence-electron chi connectivity index (χ0n) is 16.8. The third-order valence-electron chi connectivity index (χ3n) is 5.24. The lowest BCUT2D eigenvalue weighted by molar-refractivity contribution is 0.0937. The number of rotatable bonds is 4. The highest BCUT2D eigenvalue weighted by Gasteiger charge is 2.35. The van der Waals surface area contributed by atoms with Gasteiger partial charge in [0.25, 0.3) is 11.8 Å². The van der Waals surface area contributed by atoms with Crippen LogP contribution in [0.25, 0.3) is 0 Å². The predicted octanol–water partition coefficient (Wildman–Crippen LogP) is 4.32.